The third-order valence-electron chi connectivity index (χ3n) is 2.63. The van der Waals surface area contributed by atoms with Crippen LogP contribution < -0.4 is 5.32 Å². The predicted molar refractivity (Wildman–Crippen MR) is 73.5 cm³/mol. The Morgan fingerprint density at radius 2 is 2.06 bits per heavy atom. The lowest BCUT2D eigenvalue weighted by Gasteiger charge is -2.07. The molecule has 1 N–H and O–H groups in total. The van der Waals surface area contributed by atoms with Gasteiger partial charge in [-0.2, -0.15) is 0 Å². The van der Waals surface area contributed by atoms with Crippen molar-refractivity contribution in [1.82, 2.24) is 5.32 Å². The normalized spacial score (nSPS) is 10.8. The summed E-state index contributed by atoms with van der Waals surface area (Å²) < 4.78 is 19.0. The van der Waals surface area contributed by atoms with Crippen molar-refractivity contribution in [3.8, 4) is 0 Å². The smallest absolute Gasteiger partial charge is 0.146 e. The topological polar surface area (TPSA) is 21.3 Å². The van der Waals surface area contributed by atoms with Crippen LogP contribution in [0.1, 0.15) is 31.7 Å². The SMILES string of the molecule is CCCCOCCCNCc1cccc(Cl)c1F. The maximum absolute atomic E-state index is 13.5. The molecule has 102 valence electrons. The Balaban J connectivity index is 2.09. The molecule has 2 nitrogen and oxygen atoms in total. The van der Waals surface area contributed by atoms with Crippen LogP contribution >= 0.6 is 11.6 Å². The number of unbranched alkanes of at least 4 members (excludes halogenated alkanes) is 1. The quantitative estimate of drug-likeness (QED) is 0.692. The number of nitrogens with one attached hydrogen (secondary N) is 1. The summed E-state index contributed by atoms with van der Waals surface area (Å²) in [4.78, 5) is 0. The monoisotopic (exact) mass is 273 g/mol. The third-order valence-corrected chi connectivity index (χ3v) is 2.92. The molecule has 0 fully saturated rings. The van der Waals surface area contributed by atoms with E-state index in [9.17, 15) is 4.39 Å². The van der Waals surface area contributed by atoms with E-state index in [1.165, 1.54) is 0 Å². The number of hydrogen-bond acceptors (Lipinski definition) is 2. The zero-order chi connectivity index (χ0) is 13.2. The van der Waals surface area contributed by atoms with Gasteiger partial charge in [0.05, 0.1) is 5.02 Å². The highest BCUT2D eigenvalue weighted by Crippen LogP contribution is 2.17. The molecule has 18 heavy (non-hydrogen) atoms. The lowest BCUT2D eigenvalue weighted by Crippen LogP contribution is -2.17. The molecule has 1 rings (SSSR count). The van der Waals surface area contributed by atoms with Crippen molar-refractivity contribution >= 4 is 11.6 Å². The summed E-state index contributed by atoms with van der Waals surface area (Å²) in [6.07, 6.45) is 3.21. The molecule has 0 aliphatic heterocycles. The van der Waals surface area contributed by atoms with Crippen LogP contribution in [0.15, 0.2) is 18.2 Å². The lowest BCUT2D eigenvalue weighted by atomic mass is 10.2. The number of hydrogen-bond donors (Lipinski definition) is 1. The minimum Gasteiger partial charge on any atom is -0.381 e. The van der Waals surface area contributed by atoms with Crippen molar-refractivity contribution < 1.29 is 9.13 Å². The Morgan fingerprint density at radius 3 is 2.83 bits per heavy atom. The highest BCUT2D eigenvalue weighted by Gasteiger charge is 2.04. The summed E-state index contributed by atoms with van der Waals surface area (Å²) in [7, 11) is 0. The second-order valence-corrected chi connectivity index (χ2v) is 4.62. The molecule has 0 aliphatic rings. The average Bonchev–Trinajstić information content (AvgIpc) is 2.37. The van der Waals surface area contributed by atoms with E-state index in [1.54, 1.807) is 18.2 Å². The largest absolute Gasteiger partial charge is 0.381 e. The van der Waals surface area contributed by atoms with Gasteiger partial charge in [0.25, 0.3) is 0 Å². The Morgan fingerprint density at radius 1 is 1.28 bits per heavy atom. The fraction of sp³-hybridized carbons (Fsp3) is 0.571. The Hall–Kier alpha value is -0.640. The maximum Gasteiger partial charge on any atom is 0.146 e. The molecule has 0 spiro atoms. The number of benzene rings is 1. The minimum absolute atomic E-state index is 0.178. The number of rotatable bonds is 9. The second-order valence-electron chi connectivity index (χ2n) is 4.21. The van der Waals surface area contributed by atoms with Crippen molar-refractivity contribution in [2.75, 3.05) is 19.8 Å². The first-order valence-corrected chi connectivity index (χ1v) is 6.85. The van der Waals surface area contributed by atoms with Gasteiger partial charge in [-0.05, 0) is 25.5 Å². The third kappa shape index (κ3) is 5.80. The molecule has 0 aliphatic carbocycles. The predicted octanol–water partition coefficient (Wildman–Crippen LogP) is 3.78. The molecule has 0 atom stereocenters. The van der Waals surface area contributed by atoms with Crippen LogP contribution in [0.2, 0.25) is 5.02 Å². The Kier molecular flexibility index (Phi) is 7.98. The fourth-order valence-electron chi connectivity index (χ4n) is 1.56. The second kappa shape index (κ2) is 9.31. The summed E-state index contributed by atoms with van der Waals surface area (Å²) in [5.74, 6) is -0.328. The number of ether oxygens (including phenoxy) is 1. The maximum atomic E-state index is 13.5. The van der Waals surface area contributed by atoms with Gasteiger partial charge in [0, 0.05) is 25.3 Å². The summed E-state index contributed by atoms with van der Waals surface area (Å²) in [5.41, 5.74) is 0.606. The van der Waals surface area contributed by atoms with Gasteiger partial charge >= 0.3 is 0 Å². The summed E-state index contributed by atoms with van der Waals surface area (Å²) in [5, 5.41) is 3.36. The molecule has 4 heteroatoms. The summed E-state index contributed by atoms with van der Waals surface area (Å²) >= 11 is 5.70. The van der Waals surface area contributed by atoms with Crippen LogP contribution in [0, 0.1) is 5.82 Å². The molecule has 0 saturated carbocycles. The van der Waals surface area contributed by atoms with Crippen molar-refractivity contribution in [2.24, 2.45) is 0 Å². The van der Waals surface area contributed by atoms with E-state index >= 15 is 0 Å². The van der Waals surface area contributed by atoms with E-state index in [0.717, 1.165) is 39.0 Å². The zero-order valence-electron chi connectivity index (χ0n) is 10.8. The van der Waals surface area contributed by atoms with Gasteiger partial charge in [0.2, 0.25) is 0 Å². The van der Waals surface area contributed by atoms with Crippen molar-refractivity contribution in [3.63, 3.8) is 0 Å². The summed E-state index contributed by atoms with van der Waals surface area (Å²) in [6.45, 7) is 5.05. The van der Waals surface area contributed by atoms with Gasteiger partial charge < -0.3 is 10.1 Å². The van der Waals surface area contributed by atoms with Gasteiger partial charge in [-0.1, -0.05) is 37.1 Å². The fourth-order valence-corrected chi connectivity index (χ4v) is 1.75. The molecule has 0 amide bonds. The van der Waals surface area contributed by atoms with Crippen LogP contribution in [0.3, 0.4) is 0 Å². The Labute approximate surface area is 113 Å². The minimum atomic E-state index is -0.328. The molecule has 1 aromatic carbocycles. The Bertz CT molecular complexity index is 347. The van der Waals surface area contributed by atoms with Crippen LogP contribution in [-0.4, -0.2) is 19.8 Å². The van der Waals surface area contributed by atoms with E-state index in [0.29, 0.717) is 12.1 Å². The number of halogens is 2. The molecular weight excluding hydrogens is 253 g/mol. The van der Waals surface area contributed by atoms with Gasteiger partial charge in [-0.3, -0.25) is 0 Å². The molecule has 0 bridgehead atoms. The molecular formula is C14H21ClFNO. The van der Waals surface area contributed by atoms with Gasteiger partial charge in [0.1, 0.15) is 5.82 Å². The van der Waals surface area contributed by atoms with Gasteiger partial charge in [-0.25, -0.2) is 4.39 Å². The van der Waals surface area contributed by atoms with E-state index in [1.807, 2.05) is 0 Å². The van der Waals surface area contributed by atoms with Crippen LogP contribution in [-0.2, 0) is 11.3 Å². The molecule has 0 heterocycles. The van der Waals surface area contributed by atoms with Crippen LogP contribution in [0.4, 0.5) is 4.39 Å². The molecule has 0 unspecified atom stereocenters. The zero-order valence-corrected chi connectivity index (χ0v) is 11.6. The first-order chi connectivity index (χ1) is 8.75. The molecule has 0 saturated heterocycles. The average molecular weight is 274 g/mol. The highest BCUT2D eigenvalue weighted by atomic mass is 35.5. The molecule has 0 aromatic heterocycles. The molecule has 0 radical (unpaired) electrons. The van der Waals surface area contributed by atoms with Crippen molar-refractivity contribution in [2.45, 2.75) is 32.7 Å². The first kappa shape index (κ1) is 15.4. The standard InChI is InChI=1S/C14H21ClFNO/c1-2-3-9-18-10-5-8-17-11-12-6-4-7-13(15)14(12)16/h4,6-7,17H,2-3,5,8-11H2,1H3. The van der Waals surface area contributed by atoms with E-state index in [-0.39, 0.29) is 10.8 Å². The van der Waals surface area contributed by atoms with Gasteiger partial charge in [-0.15, -0.1) is 0 Å². The van der Waals surface area contributed by atoms with Crippen LogP contribution in [0.5, 0.6) is 0 Å². The van der Waals surface area contributed by atoms with E-state index in [2.05, 4.69) is 12.2 Å². The highest BCUT2D eigenvalue weighted by molar-refractivity contribution is 6.30. The molecule has 1 aromatic rings. The van der Waals surface area contributed by atoms with E-state index in [4.69, 9.17) is 16.3 Å². The first-order valence-electron chi connectivity index (χ1n) is 6.47. The summed E-state index contributed by atoms with van der Waals surface area (Å²) in [6, 6.07) is 5.06. The van der Waals surface area contributed by atoms with Crippen molar-refractivity contribution in [3.05, 3.63) is 34.6 Å². The van der Waals surface area contributed by atoms with Crippen LogP contribution in [0.25, 0.3) is 0 Å². The van der Waals surface area contributed by atoms with Gasteiger partial charge in [0.15, 0.2) is 0 Å². The lowest BCUT2D eigenvalue weighted by molar-refractivity contribution is 0.128. The van der Waals surface area contributed by atoms with E-state index < -0.39 is 0 Å². The van der Waals surface area contributed by atoms with Crippen molar-refractivity contribution in [1.29, 1.82) is 0 Å².